The zero-order chi connectivity index (χ0) is 14.9. The molecule has 4 nitrogen and oxygen atoms in total. The number of aromatic amines is 1. The largest absolute Gasteiger partial charge is 0.368 e. The first-order valence-corrected chi connectivity index (χ1v) is 8.33. The fourth-order valence-corrected chi connectivity index (χ4v) is 3.75. The zero-order valence-corrected chi connectivity index (χ0v) is 12.8. The van der Waals surface area contributed by atoms with Crippen molar-refractivity contribution in [2.75, 3.05) is 13.2 Å². The van der Waals surface area contributed by atoms with Crippen molar-refractivity contribution in [3.05, 3.63) is 36.0 Å². The van der Waals surface area contributed by atoms with Crippen LogP contribution in [0.2, 0.25) is 0 Å². The average Bonchev–Trinajstić information content (AvgIpc) is 3.23. The zero-order valence-electron chi connectivity index (χ0n) is 12.8. The fourth-order valence-electron chi connectivity index (χ4n) is 3.75. The van der Waals surface area contributed by atoms with Gasteiger partial charge in [0, 0.05) is 24.4 Å². The maximum atomic E-state index is 12.8. The number of piperidine rings is 1. The summed E-state index contributed by atoms with van der Waals surface area (Å²) in [5.74, 6) is 0.181. The lowest BCUT2D eigenvalue weighted by Crippen LogP contribution is -2.44. The molecule has 2 saturated heterocycles. The molecule has 1 aromatic carbocycles. The number of carbonyl (C=O) groups is 1. The molecule has 116 valence electrons. The van der Waals surface area contributed by atoms with Crippen molar-refractivity contribution in [3.63, 3.8) is 0 Å². The number of nitrogens with zero attached hydrogens (tertiary/aromatic N) is 1. The molecule has 0 bridgehead atoms. The van der Waals surface area contributed by atoms with Crippen LogP contribution in [0, 0.1) is 0 Å². The molecule has 4 heteroatoms. The molecule has 2 atom stereocenters. The van der Waals surface area contributed by atoms with Crippen LogP contribution in [0.4, 0.5) is 0 Å². The van der Waals surface area contributed by atoms with Crippen molar-refractivity contribution in [1.82, 2.24) is 9.88 Å². The third-order valence-corrected chi connectivity index (χ3v) is 4.90. The smallest absolute Gasteiger partial charge is 0.252 e. The van der Waals surface area contributed by atoms with Gasteiger partial charge < -0.3 is 14.6 Å². The Morgan fingerprint density at radius 1 is 1.18 bits per heavy atom. The van der Waals surface area contributed by atoms with Gasteiger partial charge in [-0.05, 0) is 49.6 Å². The number of nitrogens with one attached hydrogen (secondary N) is 1. The van der Waals surface area contributed by atoms with E-state index in [0.717, 1.165) is 50.0 Å². The highest BCUT2D eigenvalue weighted by Crippen LogP contribution is 2.33. The lowest BCUT2D eigenvalue weighted by molar-refractivity contribution is -0.145. The lowest BCUT2D eigenvalue weighted by Gasteiger charge is -2.36. The Morgan fingerprint density at radius 3 is 2.91 bits per heavy atom. The summed E-state index contributed by atoms with van der Waals surface area (Å²) in [4.78, 5) is 18.3. The third-order valence-electron chi connectivity index (χ3n) is 4.90. The lowest BCUT2D eigenvalue weighted by atomic mass is 9.98. The predicted molar refractivity (Wildman–Crippen MR) is 85.6 cm³/mol. The summed E-state index contributed by atoms with van der Waals surface area (Å²) < 4.78 is 5.61. The van der Waals surface area contributed by atoms with Crippen LogP contribution in [0.1, 0.15) is 43.8 Å². The second kappa shape index (κ2) is 5.76. The van der Waals surface area contributed by atoms with Crippen LogP contribution in [0.15, 0.2) is 30.3 Å². The highest BCUT2D eigenvalue weighted by Gasteiger charge is 2.34. The van der Waals surface area contributed by atoms with Gasteiger partial charge in [0.15, 0.2) is 0 Å². The first-order chi connectivity index (χ1) is 10.8. The van der Waals surface area contributed by atoms with Gasteiger partial charge in [-0.1, -0.05) is 18.2 Å². The van der Waals surface area contributed by atoms with Crippen LogP contribution in [0.3, 0.4) is 0 Å². The summed E-state index contributed by atoms with van der Waals surface area (Å²) in [6, 6.07) is 10.7. The molecule has 0 radical (unpaired) electrons. The van der Waals surface area contributed by atoms with E-state index in [-0.39, 0.29) is 18.1 Å². The van der Waals surface area contributed by atoms with E-state index in [2.05, 4.69) is 29.2 Å². The van der Waals surface area contributed by atoms with E-state index in [1.165, 1.54) is 11.8 Å². The number of fused-ring (bicyclic) bond motifs is 1. The van der Waals surface area contributed by atoms with Crippen molar-refractivity contribution >= 4 is 16.8 Å². The van der Waals surface area contributed by atoms with Crippen molar-refractivity contribution < 1.29 is 9.53 Å². The van der Waals surface area contributed by atoms with Crippen molar-refractivity contribution in [3.8, 4) is 0 Å². The van der Waals surface area contributed by atoms with Crippen LogP contribution >= 0.6 is 0 Å². The molecule has 1 aromatic heterocycles. The van der Waals surface area contributed by atoms with Crippen LogP contribution < -0.4 is 0 Å². The van der Waals surface area contributed by atoms with Crippen molar-refractivity contribution in [1.29, 1.82) is 0 Å². The van der Waals surface area contributed by atoms with Crippen molar-refractivity contribution in [2.24, 2.45) is 0 Å². The highest BCUT2D eigenvalue weighted by molar-refractivity contribution is 5.83. The van der Waals surface area contributed by atoms with Crippen molar-refractivity contribution in [2.45, 2.75) is 44.2 Å². The normalized spacial score (nSPS) is 25.7. The predicted octanol–water partition coefficient (Wildman–Crippen LogP) is 3.40. The van der Waals surface area contributed by atoms with E-state index >= 15 is 0 Å². The maximum absolute atomic E-state index is 12.8. The summed E-state index contributed by atoms with van der Waals surface area (Å²) >= 11 is 0. The minimum atomic E-state index is -0.218. The first-order valence-electron chi connectivity index (χ1n) is 8.33. The Balaban J connectivity index is 1.63. The molecule has 2 aromatic rings. The van der Waals surface area contributed by atoms with Gasteiger partial charge in [-0.2, -0.15) is 0 Å². The summed E-state index contributed by atoms with van der Waals surface area (Å²) in [6.45, 7) is 1.57. The Labute approximate surface area is 130 Å². The topological polar surface area (TPSA) is 45.3 Å². The van der Waals surface area contributed by atoms with Crippen LogP contribution in [0.25, 0.3) is 10.9 Å². The second-order valence-electron chi connectivity index (χ2n) is 6.36. The molecule has 0 saturated carbocycles. The van der Waals surface area contributed by atoms with E-state index in [4.69, 9.17) is 4.74 Å². The fraction of sp³-hybridized carbons (Fsp3) is 0.500. The maximum Gasteiger partial charge on any atom is 0.252 e. The summed E-state index contributed by atoms with van der Waals surface area (Å²) in [5.41, 5.74) is 2.31. The average molecular weight is 298 g/mol. The SMILES string of the molecule is O=C(C1CCCO1)N1CCCCC1c1cc2ccccc2[nH]1. The molecule has 2 fully saturated rings. The van der Waals surface area contributed by atoms with Gasteiger partial charge in [-0.3, -0.25) is 4.79 Å². The molecule has 1 N–H and O–H groups in total. The molecule has 4 rings (SSSR count). The molecule has 3 heterocycles. The quantitative estimate of drug-likeness (QED) is 0.923. The molecule has 22 heavy (non-hydrogen) atoms. The number of amides is 1. The number of rotatable bonds is 2. The number of hydrogen-bond donors (Lipinski definition) is 1. The number of carbonyl (C=O) groups excluding carboxylic acids is 1. The summed E-state index contributed by atoms with van der Waals surface area (Å²) in [6.07, 6.45) is 4.95. The van der Waals surface area contributed by atoms with Gasteiger partial charge in [0.05, 0.1) is 6.04 Å². The molecule has 0 spiro atoms. The number of aromatic nitrogens is 1. The van der Waals surface area contributed by atoms with E-state index in [1.54, 1.807) is 0 Å². The monoisotopic (exact) mass is 298 g/mol. The van der Waals surface area contributed by atoms with E-state index < -0.39 is 0 Å². The Hall–Kier alpha value is -1.81. The minimum Gasteiger partial charge on any atom is -0.368 e. The van der Waals surface area contributed by atoms with Crippen LogP contribution in [-0.2, 0) is 9.53 Å². The van der Waals surface area contributed by atoms with Gasteiger partial charge in [-0.25, -0.2) is 0 Å². The van der Waals surface area contributed by atoms with Gasteiger partial charge in [-0.15, -0.1) is 0 Å². The number of para-hydroxylation sites is 1. The van der Waals surface area contributed by atoms with Gasteiger partial charge >= 0.3 is 0 Å². The Kier molecular flexibility index (Phi) is 3.62. The van der Waals surface area contributed by atoms with Crippen LogP contribution in [0.5, 0.6) is 0 Å². The number of benzene rings is 1. The number of likely N-dealkylation sites (tertiary alicyclic amines) is 1. The number of ether oxygens (including phenoxy) is 1. The molecular weight excluding hydrogens is 276 g/mol. The van der Waals surface area contributed by atoms with Gasteiger partial charge in [0.2, 0.25) is 0 Å². The molecule has 2 aliphatic rings. The van der Waals surface area contributed by atoms with E-state index in [9.17, 15) is 4.79 Å². The van der Waals surface area contributed by atoms with Crippen LogP contribution in [-0.4, -0.2) is 35.0 Å². The number of hydrogen-bond acceptors (Lipinski definition) is 2. The minimum absolute atomic E-state index is 0.165. The van der Waals surface area contributed by atoms with Gasteiger partial charge in [0.25, 0.3) is 5.91 Å². The van der Waals surface area contributed by atoms with Gasteiger partial charge in [0.1, 0.15) is 6.10 Å². The first kappa shape index (κ1) is 13.8. The van der Waals surface area contributed by atoms with E-state index in [0.29, 0.717) is 0 Å². The second-order valence-corrected chi connectivity index (χ2v) is 6.36. The highest BCUT2D eigenvalue weighted by atomic mass is 16.5. The van der Waals surface area contributed by atoms with E-state index in [1.807, 2.05) is 11.0 Å². The standard InChI is InChI=1S/C18H22N2O2/c21-18(17-9-5-11-22-17)20-10-4-3-8-16(20)15-12-13-6-1-2-7-14(13)19-15/h1-2,6-7,12,16-17,19H,3-5,8-11H2. The molecule has 1 amide bonds. The Bertz CT molecular complexity index is 640. The molecule has 2 aliphatic heterocycles. The molecular formula is C18H22N2O2. The third kappa shape index (κ3) is 2.41. The number of H-pyrrole nitrogens is 1. The summed E-state index contributed by atoms with van der Waals surface area (Å²) in [7, 11) is 0. The summed E-state index contributed by atoms with van der Waals surface area (Å²) in [5, 5.41) is 1.22. The molecule has 0 aliphatic carbocycles. The molecule has 2 unspecified atom stereocenters. The Morgan fingerprint density at radius 2 is 2.09 bits per heavy atom.